The Morgan fingerprint density at radius 3 is 2.54 bits per heavy atom. The van der Waals surface area contributed by atoms with Crippen molar-refractivity contribution in [2.24, 2.45) is 0 Å². The van der Waals surface area contributed by atoms with Gasteiger partial charge in [0.1, 0.15) is 6.10 Å². The van der Waals surface area contributed by atoms with Gasteiger partial charge in [0.25, 0.3) is 0 Å². The van der Waals surface area contributed by atoms with Gasteiger partial charge in [0, 0.05) is 29.3 Å². The number of dihydropyridines is 1. The van der Waals surface area contributed by atoms with E-state index in [0.717, 1.165) is 48.2 Å². The van der Waals surface area contributed by atoms with Crippen LogP contribution in [0.1, 0.15) is 68.4 Å². The van der Waals surface area contributed by atoms with Crippen molar-refractivity contribution in [2.45, 2.75) is 63.4 Å². The Morgan fingerprint density at radius 1 is 0.971 bits per heavy atom. The normalized spacial score (nSPS) is 23.9. The molecule has 0 unspecified atom stereocenters. The predicted molar refractivity (Wildman–Crippen MR) is 130 cm³/mol. The zero-order valence-corrected chi connectivity index (χ0v) is 19.8. The van der Waals surface area contributed by atoms with Crippen LogP contribution in [-0.4, -0.2) is 24.6 Å². The second-order valence-corrected chi connectivity index (χ2v) is 9.85. The number of rotatable bonds is 4. The topological polar surface area (TPSA) is 73.9 Å². The smallest absolute Gasteiger partial charge is 0.337 e. The molecular weight excluding hydrogens is 442 g/mol. The number of fused-ring (bicyclic) bond motifs is 1. The van der Waals surface area contributed by atoms with Crippen molar-refractivity contribution in [2.75, 3.05) is 6.79 Å². The van der Waals surface area contributed by atoms with Crippen molar-refractivity contribution in [3.63, 3.8) is 0 Å². The lowest BCUT2D eigenvalue weighted by molar-refractivity contribution is -0.144. The molecule has 35 heavy (non-hydrogen) atoms. The molecule has 6 heteroatoms. The number of nitrogens with one attached hydrogen (secondary N) is 1. The van der Waals surface area contributed by atoms with Gasteiger partial charge in [-0.15, -0.1) is 0 Å². The van der Waals surface area contributed by atoms with Crippen molar-refractivity contribution in [3.8, 4) is 11.5 Å². The summed E-state index contributed by atoms with van der Waals surface area (Å²) in [7, 11) is 0. The minimum Gasteiger partial charge on any atom is -0.459 e. The summed E-state index contributed by atoms with van der Waals surface area (Å²) in [6.45, 7) is 2.08. The Labute approximate surface area is 205 Å². The van der Waals surface area contributed by atoms with E-state index < -0.39 is 5.92 Å². The zero-order valence-electron chi connectivity index (χ0n) is 19.8. The molecule has 2 aromatic rings. The summed E-state index contributed by atoms with van der Waals surface area (Å²) in [6, 6.07) is 15.9. The SMILES string of the molecule is CC1=C(C(=O)OC2CCCC2)[C@@H](c2ccc3c(c2)OCO3)C2=C(C[C@H](c3ccccc3)CC2=O)N1. The summed E-state index contributed by atoms with van der Waals surface area (Å²) >= 11 is 0. The lowest BCUT2D eigenvalue weighted by Gasteiger charge is -2.37. The maximum absolute atomic E-state index is 13.7. The molecule has 4 aliphatic rings. The van der Waals surface area contributed by atoms with E-state index in [0.29, 0.717) is 35.5 Å². The monoisotopic (exact) mass is 471 g/mol. The fraction of sp³-hybridized carbons (Fsp3) is 0.379. The van der Waals surface area contributed by atoms with Crippen molar-refractivity contribution in [1.82, 2.24) is 5.32 Å². The van der Waals surface area contributed by atoms with Gasteiger partial charge in [-0.1, -0.05) is 36.4 Å². The molecule has 2 atom stereocenters. The molecule has 6 rings (SSSR count). The van der Waals surface area contributed by atoms with Crippen LogP contribution >= 0.6 is 0 Å². The fourth-order valence-electron chi connectivity index (χ4n) is 5.92. The molecule has 0 radical (unpaired) electrons. The van der Waals surface area contributed by atoms with Crippen LogP contribution in [0.25, 0.3) is 0 Å². The molecule has 0 bridgehead atoms. The highest BCUT2D eigenvalue weighted by molar-refractivity contribution is 6.04. The predicted octanol–water partition coefficient (Wildman–Crippen LogP) is 5.26. The average molecular weight is 472 g/mol. The number of esters is 1. The van der Waals surface area contributed by atoms with E-state index in [4.69, 9.17) is 14.2 Å². The molecule has 0 aromatic heterocycles. The number of allylic oxidation sites excluding steroid dienone is 3. The first-order chi connectivity index (χ1) is 17.1. The van der Waals surface area contributed by atoms with Crippen molar-refractivity contribution < 1.29 is 23.8 Å². The quantitative estimate of drug-likeness (QED) is 0.613. The second kappa shape index (κ2) is 8.91. The van der Waals surface area contributed by atoms with Gasteiger partial charge < -0.3 is 19.5 Å². The molecule has 2 aliphatic carbocycles. The van der Waals surface area contributed by atoms with E-state index in [2.05, 4.69) is 17.4 Å². The van der Waals surface area contributed by atoms with E-state index in [9.17, 15) is 9.59 Å². The highest BCUT2D eigenvalue weighted by Gasteiger charge is 2.42. The van der Waals surface area contributed by atoms with Crippen LogP contribution in [0.15, 0.2) is 71.1 Å². The Morgan fingerprint density at radius 2 is 1.74 bits per heavy atom. The third-order valence-corrected chi connectivity index (χ3v) is 7.62. The molecule has 180 valence electrons. The molecule has 2 heterocycles. The molecule has 1 saturated carbocycles. The number of hydrogen-bond acceptors (Lipinski definition) is 6. The van der Waals surface area contributed by atoms with Crippen molar-refractivity contribution in [1.29, 1.82) is 0 Å². The molecule has 0 spiro atoms. The van der Waals surface area contributed by atoms with E-state index in [1.807, 2.05) is 43.3 Å². The number of benzene rings is 2. The van der Waals surface area contributed by atoms with Crippen LogP contribution in [0.2, 0.25) is 0 Å². The standard InChI is InChI=1S/C29H29NO5/c1-17-26(29(32)35-21-9-5-6-10-21)27(19-11-12-24-25(15-19)34-16-33-24)28-22(30-17)13-20(14-23(28)31)18-7-3-2-4-8-18/h2-4,7-8,11-12,15,20-21,27,30H,5-6,9-10,13-14,16H2,1H3/t20-,27+/m0/s1. The van der Waals surface area contributed by atoms with Gasteiger partial charge in [0.15, 0.2) is 17.3 Å². The van der Waals surface area contributed by atoms with Gasteiger partial charge in [-0.2, -0.15) is 0 Å². The first-order valence-corrected chi connectivity index (χ1v) is 12.5. The van der Waals surface area contributed by atoms with Crippen LogP contribution in [0, 0.1) is 0 Å². The van der Waals surface area contributed by atoms with E-state index in [1.54, 1.807) is 0 Å². The van der Waals surface area contributed by atoms with Crippen molar-refractivity contribution in [3.05, 3.63) is 82.2 Å². The van der Waals surface area contributed by atoms with Gasteiger partial charge in [-0.05, 0) is 68.2 Å². The molecule has 2 aliphatic heterocycles. The third-order valence-electron chi connectivity index (χ3n) is 7.62. The lowest BCUT2D eigenvalue weighted by atomic mass is 9.71. The number of carbonyl (C=O) groups is 2. The summed E-state index contributed by atoms with van der Waals surface area (Å²) in [4.78, 5) is 27.3. The molecule has 0 amide bonds. The van der Waals surface area contributed by atoms with Crippen LogP contribution in [0.4, 0.5) is 0 Å². The Bertz CT molecular complexity index is 1240. The highest BCUT2D eigenvalue weighted by Crippen LogP contribution is 2.47. The van der Waals surface area contributed by atoms with Gasteiger partial charge >= 0.3 is 5.97 Å². The van der Waals surface area contributed by atoms with Crippen LogP contribution < -0.4 is 14.8 Å². The van der Waals surface area contributed by atoms with Gasteiger partial charge in [0.2, 0.25) is 6.79 Å². The maximum atomic E-state index is 13.7. The first-order valence-electron chi connectivity index (χ1n) is 12.5. The molecule has 0 saturated heterocycles. The Hall–Kier alpha value is -3.54. The molecule has 1 fully saturated rings. The van der Waals surface area contributed by atoms with Gasteiger partial charge in [0.05, 0.1) is 5.57 Å². The maximum Gasteiger partial charge on any atom is 0.337 e. The molecule has 1 N–H and O–H groups in total. The number of carbonyl (C=O) groups excluding carboxylic acids is 2. The number of hydrogen-bond donors (Lipinski definition) is 1. The summed E-state index contributed by atoms with van der Waals surface area (Å²) in [5, 5.41) is 3.44. The summed E-state index contributed by atoms with van der Waals surface area (Å²) in [5.41, 5.74) is 4.82. The highest BCUT2D eigenvalue weighted by atomic mass is 16.7. The van der Waals surface area contributed by atoms with Crippen LogP contribution in [0.3, 0.4) is 0 Å². The summed E-state index contributed by atoms with van der Waals surface area (Å²) in [5.74, 6) is 0.635. The van der Waals surface area contributed by atoms with E-state index in [-0.39, 0.29) is 30.6 Å². The number of Topliss-reactive ketones (excluding diaryl/α,β-unsaturated/α-hetero) is 1. The van der Waals surface area contributed by atoms with Gasteiger partial charge in [-0.25, -0.2) is 4.79 Å². The minimum atomic E-state index is -0.501. The van der Waals surface area contributed by atoms with E-state index in [1.165, 1.54) is 0 Å². The minimum absolute atomic E-state index is 0.0555. The average Bonchev–Trinajstić information content (AvgIpc) is 3.55. The molecule has 6 nitrogen and oxygen atoms in total. The molecular formula is C29H29NO5. The first kappa shape index (κ1) is 22.0. The van der Waals surface area contributed by atoms with Crippen LogP contribution in [0.5, 0.6) is 11.5 Å². The second-order valence-electron chi connectivity index (χ2n) is 9.85. The number of ketones is 1. The third kappa shape index (κ3) is 4.01. The molecule has 2 aromatic carbocycles. The van der Waals surface area contributed by atoms with Crippen LogP contribution in [-0.2, 0) is 14.3 Å². The summed E-state index contributed by atoms with van der Waals surface area (Å²) in [6.07, 6.45) is 5.02. The Kier molecular flexibility index (Phi) is 5.59. The largest absolute Gasteiger partial charge is 0.459 e. The fourth-order valence-corrected chi connectivity index (χ4v) is 5.92. The van der Waals surface area contributed by atoms with Crippen molar-refractivity contribution >= 4 is 11.8 Å². The van der Waals surface area contributed by atoms with E-state index >= 15 is 0 Å². The van der Waals surface area contributed by atoms with Gasteiger partial charge in [-0.3, -0.25) is 4.79 Å². The number of ether oxygens (including phenoxy) is 3. The zero-order chi connectivity index (χ0) is 23.9. The summed E-state index contributed by atoms with van der Waals surface area (Å²) < 4.78 is 17.1. The Balaban J connectivity index is 1.41. The lowest BCUT2D eigenvalue weighted by Crippen LogP contribution is -2.36.